The van der Waals surface area contributed by atoms with Crippen molar-refractivity contribution in [2.75, 3.05) is 25.4 Å². The number of aromatic nitrogens is 2. The average molecular weight is 372 g/mol. The number of amides is 2. The fourth-order valence-corrected chi connectivity index (χ4v) is 3.94. The summed E-state index contributed by atoms with van der Waals surface area (Å²) in [5, 5.41) is 3.75. The zero-order chi connectivity index (χ0) is 18.4. The van der Waals surface area contributed by atoms with E-state index in [9.17, 15) is 9.59 Å². The minimum atomic E-state index is -0.0139. The molecular formula is C19H24N4O2S. The molecule has 138 valence electrons. The Morgan fingerprint density at radius 2 is 2.23 bits per heavy atom. The SMILES string of the molecule is C=CCn1c(SCC(=O)NCCCN2CCCC2=O)nc2ccccc21. The maximum atomic E-state index is 12.1. The minimum Gasteiger partial charge on any atom is -0.355 e. The van der Waals surface area contributed by atoms with Crippen LogP contribution in [0.15, 0.2) is 42.1 Å². The van der Waals surface area contributed by atoms with Gasteiger partial charge in [0.25, 0.3) is 0 Å². The number of para-hydroxylation sites is 2. The number of hydrogen-bond donors (Lipinski definition) is 1. The number of benzene rings is 1. The van der Waals surface area contributed by atoms with Gasteiger partial charge in [-0.25, -0.2) is 4.98 Å². The molecule has 1 aromatic carbocycles. The summed E-state index contributed by atoms with van der Waals surface area (Å²) in [6.07, 6.45) is 4.23. The quantitative estimate of drug-likeness (QED) is 0.417. The van der Waals surface area contributed by atoms with Crippen molar-refractivity contribution in [3.63, 3.8) is 0 Å². The van der Waals surface area contributed by atoms with Gasteiger partial charge in [-0.3, -0.25) is 9.59 Å². The molecule has 0 spiro atoms. The number of carbonyl (C=O) groups is 2. The lowest BCUT2D eigenvalue weighted by Crippen LogP contribution is -2.31. The van der Waals surface area contributed by atoms with E-state index in [0.717, 1.165) is 42.1 Å². The molecule has 0 radical (unpaired) electrons. The molecule has 26 heavy (non-hydrogen) atoms. The molecule has 2 aromatic rings. The van der Waals surface area contributed by atoms with Gasteiger partial charge in [-0.15, -0.1) is 6.58 Å². The van der Waals surface area contributed by atoms with Gasteiger partial charge < -0.3 is 14.8 Å². The predicted octanol–water partition coefficient (Wildman–Crippen LogP) is 2.44. The highest BCUT2D eigenvalue weighted by Crippen LogP contribution is 2.24. The Balaban J connectivity index is 1.47. The van der Waals surface area contributed by atoms with Crippen molar-refractivity contribution in [2.24, 2.45) is 0 Å². The molecule has 6 nitrogen and oxygen atoms in total. The zero-order valence-electron chi connectivity index (χ0n) is 14.8. The summed E-state index contributed by atoms with van der Waals surface area (Å²) in [5.41, 5.74) is 1.97. The van der Waals surface area contributed by atoms with Crippen molar-refractivity contribution in [3.05, 3.63) is 36.9 Å². The second-order valence-electron chi connectivity index (χ2n) is 6.26. The van der Waals surface area contributed by atoms with Crippen LogP contribution in [-0.4, -0.2) is 51.7 Å². The molecule has 1 saturated heterocycles. The lowest BCUT2D eigenvalue weighted by Gasteiger charge is -2.15. The molecule has 1 fully saturated rings. The molecule has 1 aliphatic heterocycles. The Kier molecular flexibility index (Phi) is 6.33. The number of thioether (sulfide) groups is 1. The monoisotopic (exact) mass is 372 g/mol. The summed E-state index contributed by atoms with van der Waals surface area (Å²) in [7, 11) is 0. The van der Waals surface area contributed by atoms with Crippen LogP contribution < -0.4 is 5.32 Å². The Morgan fingerprint density at radius 1 is 1.38 bits per heavy atom. The molecule has 0 atom stereocenters. The van der Waals surface area contributed by atoms with Crippen molar-refractivity contribution in [1.82, 2.24) is 19.8 Å². The van der Waals surface area contributed by atoms with Crippen LogP contribution in [0.5, 0.6) is 0 Å². The highest BCUT2D eigenvalue weighted by molar-refractivity contribution is 7.99. The molecule has 0 saturated carbocycles. The Bertz CT molecular complexity index is 802. The molecule has 0 bridgehead atoms. The molecule has 3 rings (SSSR count). The first-order valence-electron chi connectivity index (χ1n) is 8.92. The van der Waals surface area contributed by atoms with E-state index in [1.54, 1.807) is 0 Å². The van der Waals surface area contributed by atoms with E-state index in [-0.39, 0.29) is 11.8 Å². The van der Waals surface area contributed by atoms with Gasteiger partial charge in [-0.05, 0) is 25.0 Å². The van der Waals surface area contributed by atoms with E-state index in [1.165, 1.54) is 11.8 Å². The maximum absolute atomic E-state index is 12.1. The van der Waals surface area contributed by atoms with Crippen molar-refractivity contribution in [1.29, 1.82) is 0 Å². The highest BCUT2D eigenvalue weighted by Gasteiger charge is 2.19. The first-order chi connectivity index (χ1) is 12.7. The van der Waals surface area contributed by atoms with Gasteiger partial charge >= 0.3 is 0 Å². The topological polar surface area (TPSA) is 67.2 Å². The van der Waals surface area contributed by atoms with Crippen molar-refractivity contribution in [2.45, 2.75) is 31.0 Å². The third kappa shape index (κ3) is 4.46. The molecule has 2 heterocycles. The molecule has 0 aliphatic carbocycles. The number of nitrogens with zero attached hydrogens (tertiary/aromatic N) is 3. The highest BCUT2D eigenvalue weighted by atomic mass is 32.2. The lowest BCUT2D eigenvalue weighted by molar-refractivity contribution is -0.127. The van der Waals surface area contributed by atoms with Crippen LogP contribution in [0.25, 0.3) is 11.0 Å². The Morgan fingerprint density at radius 3 is 3.00 bits per heavy atom. The van der Waals surface area contributed by atoms with E-state index < -0.39 is 0 Å². The van der Waals surface area contributed by atoms with Crippen LogP contribution in [0.4, 0.5) is 0 Å². The second-order valence-corrected chi connectivity index (χ2v) is 7.20. The molecule has 7 heteroatoms. The number of carbonyl (C=O) groups excluding carboxylic acids is 2. The standard InChI is InChI=1S/C19H24N4O2S/c1-2-11-23-16-8-4-3-7-15(16)21-19(23)26-14-17(24)20-10-6-13-22-12-5-9-18(22)25/h2-4,7-8H,1,5-6,9-14H2,(H,20,24). The molecule has 0 unspecified atom stereocenters. The van der Waals surface area contributed by atoms with E-state index >= 15 is 0 Å². The fourth-order valence-electron chi connectivity index (χ4n) is 3.09. The Labute approximate surface area is 157 Å². The van der Waals surface area contributed by atoms with Gasteiger partial charge in [-0.2, -0.15) is 0 Å². The number of rotatable bonds is 9. The number of nitrogens with one attached hydrogen (secondary N) is 1. The summed E-state index contributed by atoms with van der Waals surface area (Å²) >= 11 is 1.43. The molecule has 1 aliphatic rings. The van der Waals surface area contributed by atoms with Gasteiger partial charge in [0.1, 0.15) is 0 Å². The van der Waals surface area contributed by atoms with E-state index in [1.807, 2.05) is 35.2 Å². The first-order valence-corrected chi connectivity index (χ1v) is 9.91. The third-order valence-corrected chi connectivity index (χ3v) is 5.34. The van der Waals surface area contributed by atoms with Gasteiger partial charge in [0.05, 0.1) is 16.8 Å². The van der Waals surface area contributed by atoms with Crippen LogP contribution in [-0.2, 0) is 16.1 Å². The molecular weight excluding hydrogens is 348 g/mol. The summed E-state index contributed by atoms with van der Waals surface area (Å²) in [4.78, 5) is 30.1. The first kappa shape index (κ1) is 18.5. The summed E-state index contributed by atoms with van der Waals surface area (Å²) in [6, 6.07) is 7.93. The van der Waals surface area contributed by atoms with Crippen molar-refractivity contribution >= 4 is 34.6 Å². The number of allylic oxidation sites excluding steroid dienone is 1. The van der Waals surface area contributed by atoms with Crippen LogP contribution in [0.3, 0.4) is 0 Å². The Hall–Kier alpha value is -2.28. The maximum Gasteiger partial charge on any atom is 0.230 e. The summed E-state index contributed by atoms with van der Waals surface area (Å²) < 4.78 is 2.07. The van der Waals surface area contributed by atoms with Crippen LogP contribution in [0.1, 0.15) is 19.3 Å². The molecule has 2 amide bonds. The largest absolute Gasteiger partial charge is 0.355 e. The van der Waals surface area contributed by atoms with Crippen LogP contribution in [0, 0.1) is 0 Å². The number of likely N-dealkylation sites (tertiary alicyclic amines) is 1. The normalized spacial score (nSPS) is 14.2. The van der Waals surface area contributed by atoms with Crippen molar-refractivity contribution < 1.29 is 9.59 Å². The smallest absolute Gasteiger partial charge is 0.230 e. The van der Waals surface area contributed by atoms with E-state index in [4.69, 9.17) is 0 Å². The number of imidazole rings is 1. The second kappa shape index (κ2) is 8.89. The van der Waals surface area contributed by atoms with Gasteiger partial charge in [0.15, 0.2) is 5.16 Å². The number of fused-ring (bicyclic) bond motifs is 1. The average Bonchev–Trinajstić information content (AvgIpc) is 3.21. The third-order valence-electron chi connectivity index (χ3n) is 4.36. The lowest BCUT2D eigenvalue weighted by atomic mass is 10.3. The van der Waals surface area contributed by atoms with Gasteiger partial charge in [0.2, 0.25) is 11.8 Å². The van der Waals surface area contributed by atoms with Gasteiger partial charge in [0, 0.05) is 32.6 Å². The van der Waals surface area contributed by atoms with Crippen molar-refractivity contribution in [3.8, 4) is 0 Å². The summed E-state index contributed by atoms with van der Waals surface area (Å²) in [6.45, 7) is 6.63. The minimum absolute atomic E-state index is 0.0139. The van der Waals surface area contributed by atoms with E-state index in [2.05, 4.69) is 21.4 Å². The van der Waals surface area contributed by atoms with Crippen LogP contribution in [0.2, 0.25) is 0 Å². The van der Waals surface area contributed by atoms with Gasteiger partial charge in [-0.1, -0.05) is 30.0 Å². The molecule has 1 N–H and O–H groups in total. The zero-order valence-corrected chi connectivity index (χ0v) is 15.6. The number of hydrogen-bond acceptors (Lipinski definition) is 4. The fraction of sp³-hybridized carbons (Fsp3) is 0.421. The van der Waals surface area contributed by atoms with Crippen LogP contribution >= 0.6 is 11.8 Å². The summed E-state index contributed by atoms with van der Waals surface area (Å²) in [5.74, 6) is 0.538. The predicted molar refractivity (Wildman–Crippen MR) is 104 cm³/mol. The van der Waals surface area contributed by atoms with E-state index in [0.29, 0.717) is 25.3 Å². The molecule has 1 aromatic heterocycles.